The van der Waals surface area contributed by atoms with E-state index in [9.17, 15) is 0 Å². The van der Waals surface area contributed by atoms with E-state index in [1.54, 1.807) is 0 Å². The molecule has 0 amide bonds. The van der Waals surface area contributed by atoms with E-state index < -0.39 is 8.32 Å². The highest BCUT2D eigenvalue weighted by molar-refractivity contribution is 6.74. The Balaban J connectivity index is 3.09. The second-order valence-corrected chi connectivity index (χ2v) is 12.5. The molecule has 2 heteroatoms. The summed E-state index contributed by atoms with van der Waals surface area (Å²) in [4.78, 5) is 0. The Bertz CT molecular complexity index is 373. The van der Waals surface area contributed by atoms with Crippen molar-refractivity contribution >= 4 is 8.32 Å². The molecule has 0 bridgehead atoms. The van der Waals surface area contributed by atoms with E-state index in [4.69, 9.17) is 4.43 Å². The molecule has 0 aromatic carbocycles. The van der Waals surface area contributed by atoms with Crippen molar-refractivity contribution in [1.82, 2.24) is 0 Å². The van der Waals surface area contributed by atoms with Crippen LogP contribution in [0.25, 0.3) is 0 Å². The van der Waals surface area contributed by atoms with Crippen LogP contribution in [0.4, 0.5) is 0 Å². The SMILES string of the molecule is C=C(C)C1=CCCCCC1(C)O[Si](C)(C)C(C)(C)C. The number of allylic oxidation sites excluding steroid dienone is 1. The largest absolute Gasteiger partial charge is 0.408 e. The van der Waals surface area contributed by atoms with Gasteiger partial charge in [0.05, 0.1) is 5.60 Å². The van der Waals surface area contributed by atoms with Gasteiger partial charge < -0.3 is 4.43 Å². The molecule has 1 aliphatic carbocycles. The predicted octanol–water partition coefficient (Wildman–Crippen LogP) is 5.84. The lowest BCUT2D eigenvalue weighted by molar-refractivity contribution is 0.101. The summed E-state index contributed by atoms with van der Waals surface area (Å²) in [5, 5.41) is 0.252. The normalized spacial score (nSPS) is 25.7. The maximum Gasteiger partial charge on any atom is 0.193 e. The second-order valence-electron chi connectivity index (χ2n) is 7.74. The highest BCUT2D eigenvalue weighted by Gasteiger charge is 2.44. The second kappa shape index (κ2) is 5.57. The average molecular weight is 281 g/mol. The zero-order chi connectivity index (χ0) is 14.9. The minimum Gasteiger partial charge on any atom is -0.408 e. The van der Waals surface area contributed by atoms with Gasteiger partial charge in [-0.2, -0.15) is 0 Å². The molecule has 1 unspecified atom stereocenters. The first-order chi connectivity index (χ1) is 8.50. The molecule has 0 aromatic heterocycles. The Morgan fingerprint density at radius 2 is 1.89 bits per heavy atom. The third-order valence-corrected chi connectivity index (χ3v) is 9.35. The van der Waals surface area contributed by atoms with E-state index in [0.29, 0.717) is 0 Å². The predicted molar refractivity (Wildman–Crippen MR) is 88.1 cm³/mol. The van der Waals surface area contributed by atoms with Gasteiger partial charge in [-0.15, -0.1) is 0 Å². The summed E-state index contributed by atoms with van der Waals surface area (Å²) in [7, 11) is -1.76. The van der Waals surface area contributed by atoms with Crippen LogP contribution in [0, 0.1) is 0 Å². The molecule has 1 rings (SSSR count). The minimum absolute atomic E-state index is 0.134. The molecule has 0 spiro atoms. The fourth-order valence-electron chi connectivity index (χ4n) is 2.65. The van der Waals surface area contributed by atoms with Crippen molar-refractivity contribution in [2.45, 2.75) is 84.0 Å². The summed E-state index contributed by atoms with van der Waals surface area (Å²) in [6, 6.07) is 0. The van der Waals surface area contributed by atoms with Gasteiger partial charge in [-0.25, -0.2) is 0 Å². The Kier molecular flexibility index (Phi) is 4.90. The van der Waals surface area contributed by atoms with Crippen LogP contribution in [0.5, 0.6) is 0 Å². The lowest BCUT2D eigenvalue weighted by Crippen LogP contribution is -2.49. The van der Waals surface area contributed by atoms with Crippen molar-refractivity contribution in [3.05, 3.63) is 23.8 Å². The van der Waals surface area contributed by atoms with Gasteiger partial charge in [-0.3, -0.25) is 0 Å². The van der Waals surface area contributed by atoms with Crippen LogP contribution in [0.15, 0.2) is 23.8 Å². The minimum atomic E-state index is -1.76. The Hall–Kier alpha value is -0.343. The highest BCUT2D eigenvalue weighted by atomic mass is 28.4. The highest BCUT2D eigenvalue weighted by Crippen LogP contribution is 2.44. The fourth-order valence-corrected chi connectivity index (χ4v) is 4.30. The van der Waals surface area contributed by atoms with Gasteiger partial charge in [0.15, 0.2) is 8.32 Å². The zero-order valence-corrected chi connectivity index (χ0v) is 15.0. The van der Waals surface area contributed by atoms with Crippen LogP contribution >= 0.6 is 0 Å². The third-order valence-electron chi connectivity index (χ3n) is 4.77. The van der Waals surface area contributed by atoms with Crippen LogP contribution in [0.2, 0.25) is 18.1 Å². The van der Waals surface area contributed by atoms with Crippen LogP contribution in [-0.2, 0) is 4.43 Å². The smallest absolute Gasteiger partial charge is 0.193 e. The van der Waals surface area contributed by atoms with E-state index in [2.05, 4.69) is 60.4 Å². The summed E-state index contributed by atoms with van der Waals surface area (Å²) in [6.45, 7) is 20.2. The average Bonchev–Trinajstić information content (AvgIpc) is 2.37. The van der Waals surface area contributed by atoms with E-state index >= 15 is 0 Å². The lowest BCUT2D eigenvalue weighted by Gasteiger charge is -2.45. The maximum atomic E-state index is 6.79. The first kappa shape index (κ1) is 16.7. The van der Waals surface area contributed by atoms with Gasteiger partial charge in [0.25, 0.3) is 0 Å². The Morgan fingerprint density at radius 3 is 2.37 bits per heavy atom. The van der Waals surface area contributed by atoms with Crippen molar-refractivity contribution < 1.29 is 4.43 Å². The van der Waals surface area contributed by atoms with Crippen LogP contribution < -0.4 is 0 Å². The van der Waals surface area contributed by atoms with Crippen molar-refractivity contribution in [1.29, 1.82) is 0 Å². The molecule has 0 aromatic rings. The molecule has 0 heterocycles. The van der Waals surface area contributed by atoms with Crippen LogP contribution in [-0.4, -0.2) is 13.9 Å². The van der Waals surface area contributed by atoms with Gasteiger partial charge >= 0.3 is 0 Å². The lowest BCUT2D eigenvalue weighted by atomic mass is 9.88. The Labute approximate surface area is 121 Å². The molecule has 19 heavy (non-hydrogen) atoms. The topological polar surface area (TPSA) is 9.23 Å². The van der Waals surface area contributed by atoms with Gasteiger partial charge in [0.2, 0.25) is 0 Å². The van der Waals surface area contributed by atoms with Gasteiger partial charge in [-0.1, -0.05) is 39.0 Å². The first-order valence-electron chi connectivity index (χ1n) is 7.56. The summed E-state index contributed by atoms with van der Waals surface area (Å²) in [5.74, 6) is 0. The molecule has 110 valence electrons. The standard InChI is InChI=1S/C17H32OSi/c1-14(2)15-12-10-9-11-13-17(15,6)18-19(7,8)16(3,4)5/h12H,1,9-11,13H2,2-8H3. The molecule has 0 N–H and O–H groups in total. The molecule has 1 aliphatic rings. The van der Waals surface area contributed by atoms with Gasteiger partial charge in [0, 0.05) is 0 Å². The zero-order valence-electron chi connectivity index (χ0n) is 14.0. The van der Waals surface area contributed by atoms with Crippen molar-refractivity contribution in [2.24, 2.45) is 0 Å². The Morgan fingerprint density at radius 1 is 1.32 bits per heavy atom. The summed E-state index contributed by atoms with van der Waals surface area (Å²) in [6.07, 6.45) is 7.17. The van der Waals surface area contributed by atoms with Crippen LogP contribution in [0.3, 0.4) is 0 Å². The van der Waals surface area contributed by atoms with E-state index in [1.165, 1.54) is 30.4 Å². The summed E-state index contributed by atoms with van der Waals surface area (Å²) in [5.41, 5.74) is 2.38. The molecular formula is C17H32OSi. The molecule has 1 nitrogen and oxygen atoms in total. The molecule has 0 aliphatic heterocycles. The van der Waals surface area contributed by atoms with Crippen molar-refractivity contribution in [2.75, 3.05) is 0 Å². The molecule has 1 atom stereocenters. The van der Waals surface area contributed by atoms with E-state index in [-0.39, 0.29) is 10.6 Å². The quantitative estimate of drug-likeness (QED) is 0.590. The first-order valence-corrected chi connectivity index (χ1v) is 10.5. The number of hydrogen-bond acceptors (Lipinski definition) is 1. The van der Waals surface area contributed by atoms with E-state index in [0.717, 1.165) is 6.42 Å². The number of hydrogen-bond donors (Lipinski definition) is 0. The van der Waals surface area contributed by atoms with Gasteiger partial charge in [0.1, 0.15) is 0 Å². The molecule has 0 saturated heterocycles. The molecule has 0 radical (unpaired) electrons. The van der Waals surface area contributed by atoms with Crippen LogP contribution in [0.1, 0.15) is 60.3 Å². The molecule has 0 saturated carbocycles. The van der Waals surface area contributed by atoms with Crippen molar-refractivity contribution in [3.63, 3.8) is 0 Å². The number of rotatable bonds is 3. The van der Waals surface area contributed by atoms with Crippen molar-refractivity contribution in [3.8, 4) is 0 Å². The third kappa shape index (κ3) is 3.82. The van der Waals surface area contributed by atoms with E-state index in [1.807, 2.05) is 0 Å². The molecular weight excluding hydrogens is 248 g/mol. The summed E-state index contributed by atoms with van der Waals surface area (Å²) >= 11 is 0. The summed E-state index contributed by atoms with van der Waals surface area (Å²) < 4.78 is 6.79. The fraction of sp³-hybridized carbons (Fsp3) is 0.765. The molecule has 0 fully saturated rings. The van der Waals surface area contributed by atoms with Gasteiger partial charge in [-0.05, 0) is 63.2 Å². The monoisotopic (exact) mass is 280 g/mol. The maximum absolute atomic E-state index is 6.79.